The monoisotopic (exact) mass is 353 g/mol. The van der Waals surface area contributed by atoms with Gasteiger partial charge >= 0.3 is 5.97 Å². The Balaban J connectivity index is 1.81. The molecule has 2 heterocycles. The van der Waals surface area contributed by atoms with Crippen LogP contribution in [0.2, 0.25) is 0 Å². The maximum absolute atomic E-state index is 11.8. The van der Waals surface area contributed by atoms with Crippen LogP contribution in [0.5, 0.6) is 0 Å². The second kappa shape index (κ2) is 7.30. The van der Waals surface area contributed by atoms with Crippen molar-refractivity contribution < 1.29 is 14.3 Å². The number of nitrogens with one attached hydrogen (secondary N) is 2. The number of hydrogen-bond donors (Lipinski definition) is 2. The average Bonchev–Trinajstić information content (AvgIpc) is 3.03. The summed E-state index contributed by atoms with van der Waals surface area (Å²) < 4.78 is 4.75. The molecule has 0 aliphatic rings. The molecule has 8 heteroatoms. The summed E-state index contributed by atoms with van der Waals surface area (Å²) in [5, 5.41) is 9.49. The molecule has 3 rings (SSSR count). The first-order valence-electron chi connectivity index (χ1n) is 8.23. The van der Waals surface area contributed by atoms with Crippen LogP contribution < -0.4 is 5.32 Å². The number of fused-ring (bicyclic) bond motifs is 1. The number of ether oxygens (including phenoxy) is 1. The molecule has 3 aromatic rings. The highest BCUT2D eigenvalue weighted by Crippen LogP contribution is 2.24. The number of rotatable bonds is 5. The van der Waals surface area contributed by atoms with Crippen molar-refractivity contribution in [3.63, 3.8) is 0 Å². The minimum atomic E-state index is -0.573. The lowest BCUT2D eigenvalue weighted by Gasteiger charge is -2.06. The van der Waals surface area contributed by atoms with Gasteiger partial charge < -0.3 is 10.1 Å². The molecule has 1 aromatic carbocycles. The lowest BCUT2D eigenvalue weighted by molar-refractivity contribution is -0.145. The summed E-state index contributed by atoms with van der Waals surface area (Å²) in [6, 6.07) is 7.47. The van der Waals surface area contributed by atoms with E-state index in [0.717, 1.165) is 22.3 Å². The van der Waals surface area contributed by atoms with Crippen LogP contribution in [0.15, 0.2) is 24.3 Å². The fourth-order valence-corrected chi connectivity index (χ4v) is 2.59. The predicted molar refractivity (Wildman–Crippen MR) is 96.5 cm³/mol. The average molecular weight is 353 g/mol. The topological polar surface area (TPSA) is 110 Å². The maximum atomic E-state index is 11.8. The van der Waals surface area contributed by atoms with Gasteiger partial charge in [0.1, 0.15) is 23.6 Å². The highest BCUT2D eigenvalue weighted by Gasteiger charge is 2.15. The number of aromatic amines is 1. The van der Waals surface area contributed by atoms with Crippen molar-refractivity contribution >= 4 is 28.7 Å². The summed E-state index contributed by atoms with van der Waals surface area (Å²) in [6.45, 7) is 5.77. The van der Waals surface area contributed by atoms with Crippen LogP contribution in [0.1, 0.15) is 24.6 Å². The summed E-state index contributed by atoms with van der Waals surface area (Å²) in [5.74, 6) is -0.674. The van der Waals surface area contributed by atoms with Crippen LogP contribution in [-0.4, -0.2) is 38.6 Å². The molecule has 0 saturated carbocycles. The Bertz CT molecular complexity index is 980. The molecular formula is C18H19N5O3. The van der Waals surface area contributed by atoms with Crippen LogP contribution in [0, 0.1) is 13.8 Å². The maximum Gasteiger partial charge on any atom is 0.315 e. The minimum absolute atomic E-state index is 0.236. The zero-order valence-corrected chi connectivity index (χ0v) is 14.8. The zero-order valence-electron chi connectivity index (χ0n) is 14.8. The standard InChI is InChI=1S/C18H19N5O3/c1-4-26-16(25)9-15(24)21-14-8-13(22-23-14)18-11(3)19-17-10(2)6-5-7-12(17)20-18/h5-8H,4,9H2,1-3H3,(H2,21,22,23,24). The molecule has 1 amide bonds. The Morgan fingerprint density at radius 2 is 2.04 bits per heavy atom. The van der Waals surface area contributed by atoms with Crippen molar-refractivity contribution in [1.29, 1.82) is 0 Å². The summed E-state index contributed by atoms with van der Waals surface area (Å²) >= 11 is 0. The van der Waals surface area contributed by atoms with Gasteiger partial charge in [-0.15, -0.1) is 0 Å². The molecule has 0 saturated heterocycles. The van der Waals surface area contributed by atoms with Crippen LogP contribution in [0.4, 0.5) is 5.82 Å². The van der Waals surface area contributed by atoms with E-state index >= 15 is 0 Å². The van der Waals surface area contributed by atoms with Crippen molar-refractivity contribution in [3.8, 4) is 11.4 Å². The van der Waals surface area contributed by atoms with Crippen LogP contribution in [-0.2, 0) is 14.3 Å². The number of hydrogen-bond acceptors (Lipinski definition) is 6. The number of anilines is 1. The summed E-state index contributed by atoms with van der Waals surface area (Å²) in [6.07, 6.45) is -0.351. The van der Waals surface area contributed by atoms with Crippen LogP contribution in [0.25, 0.3) is 22.4 Å². The summed E-state index contributed by atoms with van der Waals surface area (Å²) in [4.78, 5) is 32.4. The van der Waals surface area contributed by atoms with E-state index in [-0.39, 0.29) is 13.0 Å². The largest absolute Gasteiger partial charge is 0.466 e. The molecule has 0 aliphatic heterocycles. The minimum Gasteiger partial charge on any atom is -0.466 e. The van der Waals surface area contributed by atoms with Crippen molar-refractivity contribution in [2.45, 2.75) is 27.2 Å². The van der Waals surface area contributed by atoms with Gasteiger partial charge in [-0.3, -0.25) is 14.7 Å². The number of benzene rings is 1. The first-order valence-corrected chi connectivity index (χ1v) is 8.23. The number of aryl methyl sites for hydroxylation is 2. The first-order chi connectivity index (χ1) is 12.5. The number of nitrogens with zero attached hydrogens (tertiary/aromatic N) is 3. The Morgan fingerprint density at radius 1 is 1.23 bits per heavy atom. The third-order valence-corrected chi connectivity index (χ3v) is 3.78. The molecule has 134 valence electrons. The molecular weight excluding hydrogens is 334 g/mol. The fraction of sp³-hybridized carbons (Fsp3) is 0.278. The SMILES string of the molecule is CCOC(=O)CC(=O)Nc1cc(-c2nc3cccc(C)c3nc2C)n[nH]1. The Kier molecular flexibility index (Phi) is 4.92. The number of para-hydroxylation sites is 1. The van der Waals surface area contributed by atoms with E-state index in [1.54, 1.807) is 13.0 Å². The highest BCUT2D eigenvalue weighted by molar-refractivity contribution is 6.01. The molecule has 8 nitrogen and oxygen atoms in total. The Morgan fingerprint density at radius 3 is 2.81 bits per heavy atom. The van der Waals surface area contributed by atoms with E-state index in [1.807, 2.05) is 32.0 Å². The summed E-state index contributed by atoms with van der Waals surface area (Å²) in [7, 11) is 0. The van der Waals surface area contributed by atoms with E-state index in [4.69, 9.17) is 4.74 Å². The first kappa shape index (κ1) is 17.5. The normalized spacial score (nSPS) is 10.7. The molecule has 0 spiro atoms. The van der Waals surface area contributed by atoms with Gasteiger partial charge in [0, 0.05) is 6.07 Å². The van der Waals surface area contributed by atoms with E-state index in [0.29, 0.717) is 17.2 Å². The number of carbonyl (C=O) groups excluding carboxylic acids is 2. The zero-order chi connectivity index (χ0) is 18.7. The second-order valence-electron chi connectivity index (χ2n) is 5.80. The van der Waals surface area contributed by atoms with Gasteiger partial charge in [-0.1, -0.05) is 12.1 Å². The van der Waals surface area contributed by atoms with Gasteiger partial charge in [0.25, 0.3) is 0 Å². The third-order valence-electron chi connectivity index (χ3n) is 3.78. The second-order valence-corrected chi connectivity index (χ2v) is 5.80. The Labute approximate surface area is 150 Å². The fourth-order valence-electron chi connectivity index (χ4n) is 2.59. The van der Waals surface area contributed by atoms with E-state index in [1.165, 1.54) is 0 Å². The van der Waals surface area contributed by atoms with E-state index in [2.05, 4.69) is 25.5 Å². The van der Waals surface area contributed by atoms with Gasteiger partial charge in [0.15, 0.2) is 0 Å². The van der Waals surface area contributed by atoms with Crippen molar-refractivity contribution in [3.05, 3.63) is 35.5 Å². The van der Waals surface area contributed by atoms with E-state index < -0.39 is 11.9 Å². The molecule has 0 radical (unpaired) electrons. The van der Waals surface area contributed by atoms with Crippen molar-refractivity contribution in [2.75, 3.05) is 11.9 Å². The number of esters is 1. The van der Waals surface area contributed by atoms with Gasteiger partial charge in [0.05, 0.1) is 23.3 Å². The lowest BCUT2D eigenvalue weighted by atomic mass is 10.1. The number of carbonyl (C=O) groups is 2. The van der Waals surface area contributed by atoms with E-state index in [9.17, 15) is 9.59 Å². The number of aromatic nitrogens is 4. The molecule has 0 bridgehead atoms. The summed E-state index contributed by atoms with van der Waals surface area (Å²) in [5.41, 5.74) is 4.62. The predicted octanol–water partition coefficient (Wildman–Crippen LogP) is 2.53. The molecule has 26 heavy (non-hydrogen) atoms. The molecule has 0 fully saturated rings. The van der Waals surface area contributed by atoms with Crippen LogP contribution in [0.3, 0.4) is 0 Å². The van der Waals surface area contributed by atoms with Gasteiger partial charge in [-0.05, 0) is 32.4 Å². The smallest absolute Gasteiger partial charge is 0.315 e. The molecule has 0 unspecified atom stereocenters. The van der Waals surface area contributed by atoms with Crippen molar-refractivity contribution in [1.82, 2.24) is 20.2 Å². The van der Waals surface area contributed by atoms with Crippen LogP contribution >= 0.6 is 0 Å². The Hall–Kier alpha value is -3.29. The molecule has 2 aromatic heterocycles. The number of amides is 1. The third kappa shape index (κ3) is 3.69. The molecule has 0 aliphatic carbocycles. The number of H-pyrrole nitrogens is 1. The lowest BCUT2D eigenvalue weighted by Crippen LogP contribution is -2.18. The van der Waals surface area contributed by atoms with Gasteiger partial charge in [-0.2, -0.15) is 5.10 Å². The van der Waals surface area contributed by atoms with Crippen molar-refractivity contribution in [2.24, 2.45) is 0 Å². The quantitative estimate of drug-likeness (QED) is 0.539. The highest BCUT2D eigenvalue weighted by atomic mass is 16.5. The molecule has 2 N–H and O–H groups in total. The van der Waals surface area contributed by atoms with Gasteiger partial charge in [-0.25, -0.2) is 9.97 Å². The molecule has 0 atom stereocenters. The van der Waals surface area contributed by atoms with Gasteiger partial charge in [0.2, 0.25) is 5.91 Å².